The van der Waals surface area contributed by atoms with Crippen molar-refractivity contribution in [1.29, 1.82) is 0 Å². The van der Waals surface area contributed by atoms with Gasteiger partial charge >= 0.3 is 0 Å². The summed E-state index contributed by atoms with van der Waals surface area (Å²) in [5.41, 5.74) is 3.26. The van der Waals surface area contributed by atoms with E-state index in [4.69, 9.17) is 15.9 Å². The topological polar surface area (TPSA) is 84.9 Å². The number of rotatable bonds is 7. The van der Waals surface area contributed by atoms with E-state index in [1.165, 1.54) is 7.11 Å². The highest BCUT2D eigenvalue weighted by atomic mass is 127. The molecule has 0 radical (unpaired) electrons. The van der Waals surface area contributed by atoms with E-state index in [1.54, 1.807) is 24.3 Å². The van der Waals surface area contributed by atoms with Gasteiger partial charge in [-0.3, -0.25) is 19.3 Å². The molecule has 33 heavy (non-hydrogen) atoms. The summed E-state index contributed by atoms with van der Waals surface area (Å²) in [7, 11) is 1.50. The first kappa shape index (κ1) is 24.7. The average Bonchev–Trinajstić information content (AvgIpc) is 3.03. The number of anilines is 1. The van der Waals surface area contributed by atoms with E-state index in [9.17, 15) is 14.4 Å². The standard InChI is InChI=1S/C24H21IN2O5S/c1-5-9-32-22-17(25)10-16(11-19(22)31-4)12-20-23(29)27(24(30)33-20)13-21(28)26-18-8-6-7-14(2)15(18)3/h1,6-8,10-12H,9,13H2,2-4H3,(H,26,28)/b20-12+. The van der Waals surface area contributed by atoms with Gasteiger partial charge in [-0.25, -0.2) is 0 Å². The molecule has 0 atom stereocenters. The molecule has 1 aliphatic rings. The summed E-state index contributed by atoms with van der Waals surface area (Å²) in [6, 6.07) is 9.03. The summed E-state index contributed by atoms with van der Waals surface area (Å²) in [5, 5.41) is 2.27. The van der Waals surface area contributed by atoms with E-state index in [-0.39, 0.29) is 18.1 Å². The second-order valence-electron chi connectivity index (χ2n) is 7.09. The number of halogens is 1. The molecule has 2 aromatic rings. The van der Waals surface area contributed by atoms with Crippen molar-refractivity contribution in [3.63, 3.8) is 0 Å². The lowest BCUT2D eigenvalue weighted by atomic mass is 10.1. The van der Waals surface area contributed by atoms with Crippen LogP contribution >= 0.6 is 34.4 Å². The van der Waals surface area contributed by atoms with Crippen molar-refractivity contribution in [2.45, 2.75) is 13.8 Å². The Morgan fingerprint density at radius 2 is 2.06 bits per heavy atom. The minimum absolute atomic E-state index is 0.0920. The first-order valence-electron chi connectivity index (χ1n) is 9.80. The lowest BCUT2D eigenvalue weighted by molar-refractivity contribution is -0.127. The molecule has 0 bridgehead atoms. The molecule has 7 nitrogen and oxygen atoms in total. The fourth-order valence-electron chi connectivity index (χ4n) is 3.08. The van der Waals surface area contributed by atoms with Gasteiger partial charge in [-0.15, -0.1) is 6.42 Å². The van der Waals surface area contributed by atoms with Gasteiger partial charge in [-0.05, 0) is 89.2 Å². The van der Waals surface area contributed by atoms with E-state index in [0.29, 0.717) is 22.7 Å². The van der Waals surface area contributed by atoms with Gasteiger partial charge in [0.1, 0.15) is 13.2 Å². The number of methoxy groups -OCH3 is 1. The van der Waals surface area contributed by atoms with Crippen LogP contribution < -0.4 is 14.8 Å². The SMILES string of the molecule is C#CCOc1c(I)cc(/C=C2/SC(=O)N(CC(=O)Nc3cccc(C)c3C)C2=O)cc1OC. The summed E-state index contributed by atoms with van der Waals surface area (Å²) in [6.07, 6.45) is 6.84. The quantitative estimate of drug-likeness (QED) is 0.295. The Labute approximate surface area is 210 Å². The largest absolute Gasteiger partial charge is 0.493 e. The van der Waals surface area contributed by atoms with Gasteiger partial charge < -0.3 is 14.8 Å². The number of imide groups is 1. The summed E-state index contributed by atoms with van der Waals surface area (Å²) in [4.78, 5) is 38.9. The Kier molecular flexibility index (Phi) is 8.05. The van der Waals surface area contributed by atoms with Gasteiger partial charge in [0.2, 0.25) is 5.91 Å². The molecule has 170 valence electrons. The second-order valence-corrected chi connectivity index (χ2v) is 9.25. The Hall–Kier alpha value is -2.97. The highest BCUT2D eigenvalue weighted by Crippen LogP contribution is 2.37. The van der Waals surface area contributed by atoms with Gasteiger partial charge in [-0.1, -0.05) is 18.1 Å². The molecular formula is C24H21IN2O5S. The van der Waals surface area contributed by atoms with E-state index >= 15 is 0 Å². The Morgan fingerprint density at radius 1 is 1.30 bits per heavy atom. The van der Waals surface area contributed by atoms with Crippen molar-refractivity contribution < 1.29 is 23.9 Å². The molecular weight excluding hydrogens is 555 g/mol. The maximum absolute atomic E-state index is 12.8. The average molecular weight is 576 g/mol. The first-order valence-corrected chi connectivity index (χ1v) is 11.7. The van der Waals surface area contributed by atoms with Crippen LogP contribution in [0, 0.1) is 29.8 Å². The Balaban J connectivity index is 1.77. The molecule has 3 amide bonds. The van der Waals surface area contributed by atoms with Crippen LogP contribution in [0.15, 0.2) is 35.2 Å². The summed E-state index contributed by atoms with van der Waals surface area (Å²) >= 11 is 2.87. The zero-order valence-electron chi connectivity index (χ0n) is 18.2. The molecule has 0 spiro atoms. The van der Waals surface area contributed by atoms with Crippen molar-refractivity contribution in [2.24, 2.45) is 0 Å². The van der Waals surface area contributed by atoms with Gasteiger partial charge in [0.25, 0.3) is 11.1 Å². The minimum atomic E-state index is -0.525. The Morgan fingerprint density at radius 3 is 2.76 bits per heavy atom. The highest BCUT2D eigenvalue weighted by Gasteiger charge is 2.36. The van der Waals surface area contributed by atoms with Crippen LogP contribution in [0.3, 0.4) is 0 Å². The smallest absolute Gasteiger partial charge is 0.294 e. The molecule has 0 saturated carbocycles. The number of nitrogens with one attached hydrogen (secondary N) is 1. The van der Waals surface area contributed by atoms with Crippen molar-refractivity contribution in [3.8, 4) is 23.8 Å². The molecule has 1 aliphatic heterocycles. The van der Waals surface area contributed by atoms with E-state index < -0.39 is 17.1 Å². The van der Waals surface area contributed by atoms with Gasteiger partial charge in [-0.2, -0.15) is 0 Å². The minimum Gasteiger partial charge on any atom is -0.493 e. The van der Waals surface area contributed by atoms with Crippen LogP contribution in [-0.2, 0) is 9.59 Å². The van der Waals surface area contributed by atoms with Crippen LogP contribution in [0.5, 0.6) is 11.5 Å². The zero-order chi connectivity index (χ0) is 24.1. The third-order valence-electron chi connectivity index (χ3n) is 4.90. The van der Waals surface area contributed by atoms with Crippen LogP contribution in [0.4, 0.5) is 10.5 Å². The van der Waals surface area contributed by atoms with Gasteiger partial charge in [0.15, 0.2) is 11.5 Å². The first-order chi connectivity index (χ1) is 15.7. The fourth-order valence-corrected chi connectivity index (χ4v) is 4.70. The van der Waals surface area contributed by atoms with Crippen molar-refractivity contribution in [2.75, 3.05) is 25.6 Å². The number of nitrogens with zero attached hydrogens (tertiary/aromatic N) is 1. The number of hydrogen-bond acceptors (Lipinski definition) is 6. The molecule has 0 unspecified atom stereocenters. The van der Waals surface area contributed by atoms with Crippen molar-refractivity contribution in [3.05, 3.63) is 55.5 Å². The normalized spacial score (nSPS) is 14.4. The van der Waals surface area contributed by atoms with E-state index in [1.807, 2.05) is 26.0 Å². The number of hydrogen-bond donors (Lipinski definition) is 1. The zero-order valence-corrected chi connectivity index (χ0v) is 21.2. The number of aryl methyl sites for hydroxylation is 1. The number of amides is 3. The molecule has 0 aromatic heterocycles. The predicted octanol–water partition coefficient (Wildman–Crippen LogP) is 4.60. The second kappa shape index (κ2) is 10.8. The van der Waals surface area contributed by atoms with Crippen LogP contribution in [-0.4, -0.2) is 42.2 Å². The van der Waals surface area contributed by atoms with E-state index in [0.717, 1.165) is 31.4 Å². The van der Waals surface area contributed by atoms with Crippen LogP contribution in [0.2, 0.25) is 0 Å². The van der Waals surface area contributed by atoms with Crippen LogP contribution in [0.1, 0.15) is 16.7 Å². The number of ether oxygens (including phenoxy) is 2. The van der Waals surface area contributed by atoms with Gasteiger partial charge in [0.05, 0.1) is 15.6 Å². The Bertz CT molecular complexity index is 1200. The lowest BCUT2D eigenvalue weighted by Gasteiger charge is -2.14. The molecule has 1 saturated heterocycles. The molecule has 3 rings (SSSR count). The summed E-state index contributed by atoms with van der Waals surface area (Å²) < 4.78 is 11.6. The number of carbonyl (C=O) groups is 3. The molecule has 1 fully saturated rings. The summed E-state index contributed by atoms with van der Waals surface area (Å²) in [6.45, 7) is 3.56. The third-order valence-corrected chi connectivity index (χ3v) is 6.61. The summed E-state index contributed by atoms with van der Waals surface area (Å²) in [5.74, 6) is 2.39. The molecule has 2 aromatic carbocycles. The molecule has 1 N–H and O–H groups in total. The maximum Gasteiger partial charge on any atom is 0.294 e. The van der Waals surface area contributed by atoms with E-state index in [2.05, 4.69) is 33.8 Å². The monoisotopic (exact) mass is 576 g/mol. The number of thioether (sulfide) groups is 1. The van der Waals surface area contributed by atoms with Crippen molar-refractivity contribution >= 4 is 63.2 Å². The maximum atomic E-state index is 12.8. The third kappa shape index (κ3) is 5.69. The number of benzene rings is 2. The molecule has 9 heteroatoms. The molecule has 0 aliphatic carbocycles. The number of carbonyl (C=O) groups excluding carboxylic acids is 3. The van der Waals surface area contributed by atoms with Gasteiger partial charge in [0, 0.05) is 5.69 Å². The van der Waals surface area contributed by atoms with Crippen LogP contribution in [0.25, 0.3) is 6.08 Å². The number of terminal acetylenes is 1. The fraction of sp³-hybridized carbons (Fsp3) is 0.208. The lowest BCUT2D eigenvalue weighted by Crippen LogP contribution is -2.36. The van der Waals surface area contributed by atoms with Crippen molar-refractivity contribution in [1.82, 2.24) is 4.90 Å². The highest BCUT2D eigenvalue weighted by molar-refractivity contribution is 14.1. The molecule has 1 heterocycles. The predicted molar refractivity (Wildman–Crippen MR) is 137 cm³/mol.